The molecule has 4 nitrogen and oxygen atoms in total. The number of fused-ring (bicyclic) bond motifs is 1. The molecule has 0 aliphatic rings. The number of nitrogens with one attached hydrogen (secondary N) is 3. The number of hydrogen-bond acceptors (Lipinski definition) is 3. The number of rotatable bonds is 3. The Morgan fingerprint density at radius 3 is 2.78 bits per heavy atom. The van der Waals surface area contributed by atoms with Crippen molar-refractivity contribution in [2.45, 2.75) is 6.54 Å². The van der Waals surface area contributed by atoms with E-state index >= 15 is 0 Å². The monoisotopic (exact) mass is 323 g/mol. The number of halogens is 1. The van der Waals surface area contributed by atoms with Gasteiger partial charge < -0.3 is 15.3 Å². The molecule has 0 atom stereocenters. The van der Waals surface area contributed by atoms with E-state index in [4.69, 9.17) is 0 Å². The van der Waals surface area contributed by atoms with E-state index in [1.54, 1.807) is 11.3 Å². The fourth-order valence-corrected chi connectivity index (χ4v) is 2.93. The van der Waals surface area contributed by atoms with Crippen molar-refractivity contribution in [3.8, 4) is 0 Å². The molecule has 2 heterocycles. The van der Waals surface area contributed by atoms with E-state index in [2.05, 4.69) is 48.0 Å². The van der Waals surface area contributed by atoms with Gasteiger partial charge in [-0.3, -0.25) is 0 Å². The Balaban J connectivity index is 1.91. The van der Waals surface area contributed by atoms with Crippen molar-refractivity contribution in [2.24, 2.45) is 0 Å². The second-order valence-electron chi connectivity index (χ2n) is 3.94. The van der Waals surface area contributed by atoms with Crippen LogP contribution in [0.15, 0.2) is 38.2 Å². The standard InChI is InChI=1S/C12H10BrN3OS/c13-8-3-10-11(16-12(17)15-10)4-9(8)14-5-7-1-2-18-6-7/h1-4,6,14H,5H2,(H2,15,16,17). The van der Waals surface area contributed by atoms with Crippen LogP contribution in [0.5, 0.6) is 0 Å². The van der Waals surface area contributed by atoms with Gasteiger partial charge in [-0.15, -0.1) is 0 Å². The number of H-pyrrole nitrogens is 2. The van der Waals surface area contributed by atoms with Crippen LogP contribution in [0.25, 0.3) is 11.0 Å². The molecule has 92 valence electrons. The molecule has 0 amide bonds. The first-order valence-electron chi connectivity index (χ1n) is 5.39. The fraction of sp³-hybridized carbons (Fsp3) is 0.0833. The van der Waals surface area contributed by atoms with Crippen LogP contribution in [0.2, 0.25) is 0 Å². The summed E-state index contributed by atoms with van der Waals surface area (Å²) in [5.41, 5.74) is 3.62. The van der Waals surface area contributed by atoms with Gasteiger partial charge in [0.2, 0.25) is 0 Å². The Morgan fingerprint density at radius 1 is 1.28 bits per heavy atom. The first-order valence-corrected chi connectivity index (χ1v) is 7.12. The third kappa shape index (κ3) is 2.21. The van der Waals surface area contributed by atoms with Gasteiger partial charge in [0.25, 0.3) is 0 Å². The summed E-state index contributed by atoms with van der Waals surface area (Å²) in [6.07, 6.45) is 0. The maximum atomic E-state index is 11.2. The van der Waals surface area contributed by atoms with Crippen molar-refractivity contribution in [1.29, 1.82) is 0 Å². The average Bonchev–Trinajstić information content (AvgIpc) is 2.94. The Hall–Kier alpha value is -1.53. The van der Waals surface area contributed by atoms with Crippen molar-refractivity contribution < 1.29 is 0 Å². The van der Waals surface area contributed by atoms with Gasteiger partial charge >= 0.3 is 5.69 Å². The molecule has 0 aliphatic heterocycles. The predicted molar refractivity (Wildman–Crippen MR) is 78.3 cm³/mol. The molecule has 0 fully saturated rings. The van der Waals surface area contributed by atoms with Gasteiger partial charge in [-0.2, -0.15) is 11.3 Å². The number of hydrogen-bond donors (Lipinski definition) is 3. The first kappa shape index (κ1) is 11.6. The van der Waals surface area contributed by atoms with Gasteiger partial charge in [-0.1, -0.05) is 0 Å². The van der Waals surface area contributed by atoms with E-state index in [-0.39, 0.29) is 5.69 Å². The van der Waals surface area contributed by atoms with Crippen LogP contribution in [-0.2, 0) is 6.54 Å². The molecule has 6 heteroatoms. The number of benzene rings is 1. The molecule has 0 spiro atoms. The van der Waals surface area contributed by atoms with Crippen molar-refractivity contribution in [2.75, 3.05) is 5.32 Å². The molecule has 0 bridgehead atoms. The third-order valence-corrected chi connectivity index (χ3v) is 4.05. The van der Waals surface area contributed by atoms with Crippen molar-refractivity contribution >= 4 is 44.0 Å². The highest BCUT2D eigenvalue weighted by atomic mass is 79.9. The molecule has 3 N–H and O–H groups in total. The molecule has 0 radical (unpaired) electrons. The van der Waals surface area contributed by atoms with Crippen LogP contribution < -0.4 is 11.0 Å². The van der Waals surface area contributed by atoms with Gasteiger partial charge in [0.05, 0.1) is 16.7 Å². The van der Waals surface area contributed by atoms with E-state index < -0.39 is 0 Å². The van der Waals surface area contributed by atoms with E-state index in [0.717, 1.165) is 27.7 Å². The molecular formula is C12H10BrN3OS. The van der Waals surface area contributed by atoms with Crippen LogP contribution in [0.1, 0.15) is 5.56 Å². The molecule has 0 aliphatic carbocycles. The highest BCUT2D eigenvalue weighted by Gasteiger charge is 2.05. The lowest BCUT2D eigenvalue weighted by Gasteiger charge is -2.07. The van der Waals surface area contributed by atoms with Gasteiger partial charge in [0.1, 0.15) is 0 Å². The summed E-state index contributed by atoms with van der Waals surface area (Å²) in [6.45, 7) is 0.766. The largest absolute Gasteiger partial charge is 0.380 e. The minimum absolute atomic E-state index is 0.188. The Morgan fingerprint density at radius 2 is 2.06 bits per heavy atom. The zero-order valence-corrected chi connectivity index (χ0v) is 11.7. The lowest BCUT2D eigenvalue weighted by Crippen LogP contribution is -1.99. The Kier molecular flexibility index (Phi) is 2.97. The fourth-order valence-electron chi connectivity index (χ4n) is 1.78. The molecular weight excluding hydrogens is 314 g/mol. The summed E-state index contributed by atoms with van der Waals surface area (Å²) in [5, 5.41) is 7.50. The van der Waals surface area contributed by atoms with Crippen LogP contribution in [0.4, 0.5) is 5.69 Å². The van der Waals surface area contributed by atoms with Gasteiger partial charge in [0.15, 0.2) is 0 Å². The Labute approximate surface area is 115 Å². The second kappa shape index (κ2) is 4.62. The highest BCUT2D eigenvalue weighted by molar-refractivity contribution is 9.10. The molecule has 18 heavy (non-hydrogen) atoms. The molecule has 0 saturated heterocycles. The normalized spacial score (nSPS) is 10.9. The minimum atomic E-state index is -0.188. The number of thiophene rings is 1. The van der Waals surface area contributed by atoms with Gasteiger partial charge in [-0.25, -0.2) is 4.79 Å². The zero-order valence-electron chi connectivity index (χ0n) is 9.29. The summed E-state index contributed by atoms with van der Waals surface area (Å²) in [6, 6.07) is 5.90. The van der Waals surface area contributed by atoms with E-state index in [9.17, 15) is 4.79 Å². The van der Waals surface area contributed by atoms with Crippen molar-refractivity contribution in [1.82, 2.24) is 9.97 Å². The van der Waals surface area contributed by atoms with Crippen LogP contribution >= 0.6 is 27.3 Å². The predicted octanol–water partition coefficient (Wildman–Crippen LogP) is 3.29. The van der Waals surface area contributed by atoms with Crippen LogP contribution in [0, 0.1) is 0 Å². The third-order valence-electron chi connectivity index (χ3n) is 2.67. The first-order chi connectivity index (χ1) is 8.72. The lowest BCUT2D eigenvalue weighted by molar-refractivity contribution is 1.16. The summed E-state index contributed by atoms with van der Waals surface area (Å²) in [5.74, 6) is 0. The number of aromatic nitrogens is 2. The SMILES string of the molecule is O=c1[nH]c2cc(Br)c(NCc3ccsc3)cc2[nH]1. The van der Waals surface area contributed by atoms with Gasteiger partial charge in [-0.05, 0) is 50.5 Å². The number of aromatic amines is 2. The molecule has 1 aromatic carbocycles. The quantitative estimate of drug-likeness (QED) is 0.692. The number of imidazole rings is 1. The summed E-state index contributed by atoms with van der Waals surface area (Å²) in [4.78, 5) is 16.7. The summed E-state index contributed by atoms with van der Waals surface area (Å²) in [7, 11) is 0. The van der Waals surface area contributed by atoms with Crippen molar-refractivity contribution in [3.05, 3.63) is 49.5 Å². The summed E-state index contributed by atoms with van der Waals surface area (Å²) >= 11 is 5.18. The van der Waals surface area contributed by atoms with Crippen LogP contribution in [0.3, 0.4) is 0 Å². The maximum Gasteiger partial charge on any atom is 0.323 e. The molecule has 0 unspecified atom stereocenters. The lowest BCUT2D eigenvalue weighted by atomic mass is 10.2. The maximum absolute atomic E-state index is 11.2. The van der Waals surface area contributed by atoms with E-state index in [1.165, 1.54) is 5.56 Å². The van der Waals surface area contributed by atoms with Gasteiger partial charge in [0, 0.05) is 11.0 Å². The average molecular weight is 324 g/mol. The molecule has 0 saturated carbocycles. The summed E-state index contributed by atoms with van der Waals surface area (Å²) < 4.78 is 0.931. The zero-order chi connectivity index (χ0) is 12.5. The van der Waals surface area contributed by atoms with E-state index in [0.29, 0.717) is 0 Å². The minimum Gasteiger partial charge on any atom is -0.380 e. The van der Waals surface area contributed by atoms with E-state index in [1.807, 2.05) is 12.1 Å². The second-order valence-corrected chi connectivity index (χ2v) is 5.58. The topological polar surface area (TPSA) is 60.7 Å². The molecule has 3 aromatic rings. The number of anilines is 1. The smallest absolute Gasteiger partial charge is 0.323 e. The highest BCUT2D eigenvalue weighted by Crippen LogP contribution is 2.26. The van der Waals surface area contributed by atoms with Crippen LogP contribution in [-0.4, -0.2) is 9.97 Å². The Bertz CT molecular complexity index is 729. The molecule has 2 aromatic heterocycles. The van der Waals surface area contributed by atoms with Crippen molar-refractivity contribution in [3.63, 3.8) is 0 Å². The molecule has 3 rings (SSSR count).